The van der Waals surface area contributed by atoms with Crippen LogP contribution in [0.4, 0.5) is 70.2 Å². The van der Waals surface area contributed by atoms with E-state index in [-0.39, 0.29) is 0 Å². The van der Waals surface area contributed by atoms with Crippen LogP contribution in [0.1, 0.15) is 13.8 Å². The second-order valence-electron chi connectivity index (χ2n) is 5.98. The average Bonchev–Trinajstić information content (AvgIpc) is 2.43. The lowest BCUT2D eigenvalue weighted by Crippen LogP contribution is -2.64. The standard InChI is InChI=1S/C12H10F16O/c1-5(13,14)9(21,22)11(25,26)7(17,18)3-29-4-8(19,20)12(27,28)10(23,24)6(2,15)16/h3-4H2,1-2H3. The number of ether oxygens (including phenoxy) is 1. The Labute approximate surface area is 151 Å². The minimum Gasteiger partial charge on any atom is -0.368 e. The molecule has 0 fully saturated rings. The first kappa shape index (κ1) is 27.8. The van der Waals surface area contributed by atoms with Crippen LogP contribution in [0.25, 0.3) is 0 Å². The Hall–Kier alpha value is -1.16. The van der Waals surface area contributed by atoms with Crippen LogP contribution in [-0.2, 0) is 4.74 Å². The molecule has 0 atom stereocenters. The molecular weight excluding hydrogens is 464 g/mol. The number of hydrogen-bond acceptors (Lipinski definition) is 1. The molecule has 0 aromatic heterocycles. The highest BCUT2D eigenvalue weighted by atomic mass is 19.4. The molecule has 0 radical (unpaired) electrons. The minimum atomic E-state index is -6.99. The van der Waals surface area contributed by atoms with Crippen molar-refractivity contribution < 1.29 is 75.0 Å². The van der Waals surface area contributed by atoms with E-state index in [1.807, 2.05) is 0 Å². The predicted octanol–water partition coefficient (Wildman–Crippen LogP) is 6.13. The van der Waals surface area contributed by atoms with E-state index in [1.54, 1.807) is 0 Å². The van der Waals surface area contributed by atoms with Crippen molar-refractivity contribution in [1.82, 2.24) is 0 Å². The lowest BCUT2D eigenvalue weighted by molar-refractivity contribution is -0.380. The summed E-state index contributed by atoms with van der Waals surface area (Å²) in [5.41, 5.74) is 0. The van der Waals surface area contributed by atoms with Gasteiger partial charge in [-0.15, -0.1) is 0 Å². The summed E-state index contributed by atoms with van der Waals surface area (Å²) in [6.45, 7) is -8.52. The Morgan fingerprint density at radius 2 is 0.621 bits per heavy atom. The summed E-state index contributed by atoms with van der Waals surface area (Å²) in [5.74, 6) is -51.9. The quantitative estimate of drug-likeness (QED) is 0.347. The second kappa shape index (κ2) is 7.21. The van der Waals surface area contributed by atoms with Crippen molar-refractivity contribution in [2.24, 2.45) is 0 Å². The van der Waals surface area contributed by atoms with Crippen LogP contribution in [0.3, 0.4) is 0 Å². The number of hydrogen-bond donors (Lipinski definition) is 0. The summed E-state index contributed by atoms with van der Waals surface area (Å²) in [6.07, 6.45) is 0. The third-order valence-corrected chi connectivity index (χ3v) is 3.38. The zero-order chi connectivity index (χ0) is 24.1. The molecule has 0 heterocycles. The van der Waals surface area contributed by atoms with Crippen molar-refractivity contribution >= 4 is 0 Å². The molecule has 0 unspecified atom stereocenters. The van der Waals surface area contributed by atoms with E-state index < -0.39 is 74.4 Å². The maximum atomic E-state index is 13.1. The van der Waals surface area contributed by atoms with Gasteiger partial charge in [-0.3, -0.25) is 0 Å². The van der Waals surface area contributed by atoms with Crippen LogP contribution in [0.2, 0.25) is 0 Å². The van der Waals surface area contributed by atoms with Crippen LogP contribution in [0.5, 0.6) is 0 Å². The first-order valence-corrected chi connectivity index (χ1v) is 6.81. The van der Waals surface area contributed by atoms with Gasteiger partial charge in [0.15, 0.2) is 0 Å². The third kappa shape index (κ3) is 4.47. The molecule has 0 aliphatic rings. The molecule has 0 amide bonds. The number of alkyl halides is 16. The number of halogens is 16. The summed E-state index contributed by atoms with van der Waals surface area (Å²) >= 11 is 0. The summed E-state index contributed by atoms with van der Waals surface area (Å²) in [5, 5.41) is 0. The molecule has 176 valence electrons. The SMILES string of the molecule is CC(F)(F)C(F)(F)C(F)(F)C(F)(F)COCC(F)(F)C(F)(F)C(F)(F)C(C)(F)F. The van der Waals surface area contributed by atoms with Gasteiger partial charge in [-0.25, -0.2) is 0 Å². The lowest BCUT2D eigenvalue weighted by atomic mass is 9.99. The normalized spacial score (nSPS) is 16.3. The Morgan fingerprint density at radius 1 is 0.414 bits per heavy atom. The molecule has 0 bridgehead atoms. The predicted molar refractivity (Wildman–Crippen MR) is 61.7 cm³/mol. The first-order valence-electron chi connectivity index (χ1n) is 6.81. The van der Waals surface area contributed by atoms with Gasteiger partial charge in [0.25, 0.3) is 0 Å². The Balaban J connectivity index is 5.55. The van der Waals surface area contributed by atoms with E-state index in [9.17, 15) is 70.2 Å². The molecule has 0 aromatic carbocycles. The van der Waals surface area contributed by atoms with Gasteiger partial charge >= 0.3 is 47.4 Å². The Morgan fingerprint density at radius 3 is 0.793 bits per heavy atom. The fraction of sp³-hybridized carbons (Fsp3) is 1.00. The van der Waals surface area contributed by atoms with Crippen LogP contribution >= 0.6 is 0 Å². The molecule has 0 spiro atoms. The Kier molecular flexibility index (Phi) is 6.93. The van der Waals surface area contributed by atoms with E-state index in [1.165, 1.54) is 0 Å². The highest BCUT2D eigenvalue weighted by molar-refractivity contribution is 5.04. The highest BCUT2D eigenvalue weighted by Crippen LogP contribution is 2.54. The molecule has 0 aliphatic heterocycles. The molecule has 17 heteroatoms. The smallest absolute Gasteiger partial charge is 0.368 e. The first-order chi connectivity index (χ1) is 12.2. The van der Waals surface area contributed by atoms with E-state index in [4.69, 9.17) is 0 Å². The zero-order valence-corrected chi connectivity index (χ0v) is 13.9. The van der Waals surface area contributed by atoms with E-state index >= 15 is 0 Å². The van der Waals surface area contributed by atoms with Crippen molar-refractivity contribution in [3.8, 4) is 0 Å². The van der Waals surface area contributed by atoms with Gasteiger partial charge in [-0.1, -0.05) is 0 Å². The molecule has 29 heavy (non-hydrogen) atoms. The fourth-order valence-corrected chi connectivity index (χ4v) is 1.50. The second-order valence-corrected chi connectivity index (χ2v) is 5.98. The molecule has 0 aliphatic carbocycles. The monoisotopic (exact) mass is 474 g/mol. The Bertz CT molecular complexity index is 519. The molecule has 0 aromatic rings. The molecular formula is C12H10F16O. The van der Waals surface area contributed by atoms with Crippen LogP contribution in [-0.4, -0.2) is 60.6 Å². The average molecular weight is 474 g/mol. The largest absolute Gasteiger partial charge is 0.380 e. The molecule has 0 saturated carbocycles. The summed E-state index contributed by atoms with van der Waals surface area (Å²) in [4.78, 5) is 0. The van der Waals surface area contributed by atoms with E-state index in [0.29, 0.717) is 0 Å². The van der Waals surface area contributed by atoms with Crippen molar-refractivity contribution in [3.63, 3.8) is 0 Å². The van der Waals surface area contributed by atoms with Gasteiger partial charge < -0.3 is 4.74 Å². The molecule has 1 nitrogen and oxygen atoms in total. The van der Waals surface area contributed by atoms with Crippen LogP contribution < -0.4 is 0 Å². The van der Waals surface area contributed by atoms with Gasteiger partial charge in [-0.2, -0.15) is 70.2 Å². The topological polar surface area (TPSA) is 9.23 Å². The molecule has 0 N–H and O–H groups in total. The summed E-state index contributed by atoms with van der Waals surface area (Å²) in [6, 6.07) is 0. The van der Waals surface area contributed by atoms with Crippen molar-refractivity contribution in [1.29, 1.82) is 0 Å². The van der Waals surface area contributed by atoms with Crippen molar-refractivity contribution in [2.75, 3.05) is 13.2 Å². The highest BCUT2D eigenvalue weighted by Gasteiger charge is 2.80. The van der Waals surface area contributed by atoms with Gasteiger partial charge in [0.1, 0.15) is 13.2 Å². The molecule has 0 rings (SSSR count). The van der Waals surface area contributed by atoms with Gasteiger partial charge in [0, 0.05) is 13.8 Å². The van der Waals surface area contributed by atoms with E-state index in [2.05, 4.69) is 4.74 Å². The van der Waals surface area contributed by atoms with Crippen molar-refractivity contribution in [3.05, 3.63) is 0 Å². The zero-order valence-electron chi connectivity index (χ0n) is 13.9. The van der Waals surface area contributed by atoms with Gasteiger partial charge in [-0.05, 0) is 0 Å². The van der Waals surface area contributed by atoms with Crippen LogP contribution in [0.15, 0.2) is 0 Å². The van der Waals surface area contributed by atoms with Gasteiger partial charge in [0.2, 0.25) is 0 Å². The van der Waals surface area contributed by atoms with Crippen molar-refractivity contribution in [2.45, 2.75) is 61.2 Å². The maximum Gasteiger partial charge on any atom is 0.380 e. The molecule has 0 saturated heterocycles. The van der Waals surface area contributed by atoms with Gasteiger partial charge in [0.05, 0.1) is 0 Å². The minimum absolute atomic E-state index is 0.903. The lowest BCUT2D eigenvalue weighted by Gasteiger charge is -2.37. The van der Waals surface area contributed by atoms with Crippen LogP contribution in [0, 0.1) is 0 Å². The maximum absolute atomic E-state index is 13.1. The number of rotatable bonds is 10. The third-order valence-electron chi connectivity index (χ3n) is 3.38. The summed E-state index contributed by atoms with van der Waals surface area (Å²) in [7, 11) is 0. The van der Waals surface area contributed by atoms with E-state index in [0.717, 1.165) is 0 Å². The fourth-order valence-electron chi connectivity index (χ4n) is 1.50. The summed E-state index contributed by atoms with van der Waals surface area (Å²) < 4.78 is 209.